The molecular weight excluding hydrogens is 434 g/mol. The molecule has 2 N–H and O–H groups in total. The Hall–Kier alpha value is -3.90. The van der Waals surface area contributed by atoms with Gasteiger partial charge in [-0.1, -0.05) is 23.7 Å². The zero-order chi connectivity index (χ0) is 22.9. The number of hydrogen-bond donors (Lipinski definition) is 1. The molecule has 0 atom stereocenters. The van der Waals surface area contributed by atoms with Gasteiger partial charge in [0.1, 0.15) is 23.0 Å². The predicted octanol–water partition coefficient (Wildman–Crippen LogP) is 4.88. The third-order valence-electron chi connectivity index (χ3n) is 5.76. The van der Waals surface area contributed by atoms with Crippen molar-refractivity contribution in [2.45, 2.75) is 13.5 Å². The second-order valence-electron chi connectivity index (χ2n) is 7.82. The number of aromatic nitrogens is 3. The van der Waals surface area contributed by atoms with E-state index in [1.807, 2.05) is 54.7 Å². The van der Waals surface area contributed by atoms with Crippen molar-refractivity contribution < 1.29 is 9.30 Å². The molecule has 0 saturated carbocycles. The van der Waals surface area contributed by atoms with Crippen LogP contribution >= 0.6 is 11.6 Å². The van der Waals surface area contributed by atoms with Crippen LogP contribution in [0.3, 0.4) is 0 Å². The molecule has 5 rings (SSSR count). The molecule has 4 aromatic rings. The van der Waals surface area contributed by atoms with Crippen LogP contribution in [0.2, 0.25) is 5.02 Å². The van der Waals surface area contributed by atoms with Gasteiger partial charge in [0.15, 0.2) is 6.20 Å². The topological polar surface area (TPSA) is 69.3 Å². The van der Waals surface area contributed by atoms with Crippen molar-refractivity contribution in [2.24, 2.45) is 4.99 Å². The van der Waals surface area contributed by atoms with Gasteiger partial charge in [-0.3, -0.25) is 0 Å². The van der Waals surface area contributed by atoms with Crippen molar-refractivity contribution >= 4 is 34.5 Å². The van der Waals surface area contributed by atoms with E-state index in [2.05, 4.69) is 34.8 Å². The van der Waals surface area contributed by atoms with Crippen molar-refractivity contribution in [1.29, 1.82) is 0 Å². The molecule has 0 bridgehead atoms. The predicted molar refractivity (Wildman–Crippen MR) is 131 cm³/mol. The first-order valence-corrected chi connectivity index (χ1v) is 10.9. The number of rotatable bonds is 5. The van der Waals surface area contributed by atoms with Crippen LogP contribution in [0.1, 0.15) is 23.7 Å². The molecular formula is C26H23ClN5O+. The van der Waals surface area contributed by atoms with Crippen LogP contribution < -0.4 is 15.0 Å². The first kappa shape index (κ1) is 21.0. The second kappa shape index (κ2) is 8.56. The van der Waals surface area contributed by atoms with E-state index in [1.165, 1.54) is 0 Å². The Labute approximate surface area is 197 Å². The van der Waals surface area contributed by atoms with Gasteiger partial charge in [0.05, 0.1) is 25.4 Å². The fourth-order valence-corrected chi connectivity index (χ4v) is 4.17. The number of hydrogen-bond acceptors (Lipinski definition) is 4. The summed E-state index contributed by atoms with van der Waals surface area (Å²) in [6.07, 6.45) is 3.76. The molecule has 6 nitrogen and oxygen atoms in total. The summed E-state index contributed by atoms with van der Waals surface area (Å²) in [6, 6.07) is 21.8. The summed E-state index contributed by atoms with van der Waals surface area (Å²) in [5.41, 5.74) is 13.3. The summed E-state index contributed by atoms with van der Waals surface area (Å²) in [5, 5.41) is 5.17. The van der Waals surface area contributed by atoms with Gasteiger partial charge in [-0.2, -0.15) is 9.67 Å². The van der Waals surface area contributed by atoms with Crippen LogP contribution in [0.25, 0.3) is 5.70 Å². The van der Waals surface area contributed by atoms with Crippen LogP contribution in [-0.2, 0) is 6.54 Å². The Kier molecular flexibility index (Phi) is 5.44. The van der Waals surface area contributed by atoms with Gasteiger partial charge in [-0.25, -0.2) is 9.67 Å². The van der Waals surface area contributed by atoms with E-state index in [4.69, 9.17) is 27.1 Å². The number of pyridine rings is 1. The van der Waals surface area contributed by atoms with Crippen molar-refractivity contribution in [1.82, 2.24) is 9.78 Å². The third kappa shape index (κ3) is 3.90. The molecule has 7 heteroatoms. The summed E-state index contributed by atoms with van der Waals surface area (Å²) in [5.74, 6) is 1.34. The van der Waals surface area contributed by atoms with Gasteiger partial charge in [-0.15, -0.1) is 0 Å². The normalized spacial score (nSPS) is 14.1. The molecule has 1 aliphatic rings. The highest BCUT2D eigenvalue weighted by atomic mass is 35.5. The van der Waals surface area contributed by atoms with Crippen molar-refractivity contribution in [3.8, 4) is 5.75 Å². The molecule has 0 unspecified atom stereocenters. The minimum Gasteiger partial charge on any atom is -0.497 e. The van der Waals surface area contributed by atoms with Gasteiger partial charge < -0.3 is 10.5 Å². The van der Waals surface area contributed by atoms with E-state index in [0.717, 1.165) is 39.6 Å². The average molecular weight is 457 g/mol. The highest BCUT2D eigenvalue weighted by molar-refractivity contribution is 6.30. The monoisotopic (exact) mass is 456 g/mol. The fraction of sp³-hybridized carbons (Fsp3) is 0.115. The lowest BCUT2D eigenvalue weighted by Crippen LogP contribution is -2.34. The van der Waals surface area contributed by atoms with Crippen LogP contribution in [0, 0.1) is 0 Å². The van der Waals surface area contributed by atoms with E-state index in [9.17, 15) is 0 Å². The van der Waals surface area contributed by atoms with Gasteiger partial charge in [0.25, 0.3) is 0 Å². The maximum Gasteiger partial charge on any atom is 0.237 e. The highest BCUT2D eigenvalue weighted by Gasteiger charge is 2.34. The minimum atomic E-state index is 0.519. The van der Waals surface area contributed by atoms with Gasteiger partial charge in [0, 0.05) is 22.7 Å². The number of nitrogens with zero attached hydrogens (tertiary/aromatic N) is 4. The van der Waals surface area contributed by atoms with Crippen LogP contribution in [0.15, 0.2) is 89.7 Å². The van der Waals surface area contributed by atoms with Crippen molar-refractivity contribution in [3.05, 3.63) is 107 Å². The molecule has 0 aliphatic carbocycles. The maximum absolute atomic E-state index is 6.43. The lowest BCUT2D eigenvalue weighted by molar-refractivity contribution is -0.577. The van der Waals surface area contributed by atoms with Crippen LogP contribution in [0.5, 0.6) is 5.75 Å². The molecule has 164 valence electrons. The molecule has 0 amide bonds. The summed E-state index contributed by atoms with van der Waals surface area (Å²) in [6.45, 7) is 2.63. The minimum absolute atomic E-state index is 0.519. The zero-order valence-corrected chi connectivity index (χ0v) is 19.1. The molecule has 33 heavy (non-hydrogen) atoms. The Morgan fingerprint density at radius 3 is 2.55 bits per heavy atom. The molecule has 0 spiro atoms. The van der Waals surface area contributed by atoms with E-state index in [1.54, 1.807) is 18.0 Å². The number of ether oxygens (including phenoxy) is 1. The van der Waals surface area contributed by atoms with E-state index in [-0.39, 0.29) is 0 Å². The molecule has 0 fully saturated rings. The van der Waals surface area contributed by atoms with Gasteiger partial charge in [-0.05, 0) is 55.0 Å². The number of fused-ring (bicyclic) bond motifs is 1. The molecule has 2 aromatic heterocycles. The first-order chi connectivity index (χ1) is 16.0. The molecule has 3 heterocycles. The lowest BCUT2D eigenvalue weighted by Gasteiger charge is -2.05. The number of benzene rings is 2. The van der Waals surface area contributed by atoms with Gasteiger partial charge in [0.2, 0.25) is 11.4 Å². The first-order valence-electron chi connectivity index (χ1n) is 10.6. The number of allylic oxidation sites excluding steroid dienone is 1. The van der Waals surface area contributed by atoms with E-state index < -0.39 is 0 Å². The third-order valence-corrected chi connectivity index (χ3v) is 6.01. The maximum atomic E-state index is 6.43. The number of halogens is 1. The standard InChI is InChI=1S/C26H22ClN5O/c1-17-24(30-22-15-29-32(26(22)28)16-18-6-10-20(27)11-7-18)23-5-3-4-14-31(23)25(17)19-8-12-21(33-2)13-9-19/h3-15,28H,16H2,1-2H3/p+1. The van der Waals surface area contributed by atoms with Crippen molar-refractivity contribution in [3.63, 3.8) is 0 Å². The van der Waals surface area contributed by atoms with E-state index in [0.29, 0.717) is 23.1 Å². The van der Waals surface area contributed by atoms with E-state index >= 15 is 0 Å². The quantitative estimate of drug-likeness (QED) is 0.435. The Morgan fingerprint density at radius 1 is 1.06 bits per heavy atom. The van der Waals surface area contributed by atoms with Crippen LogP contribution in [0.4, 0.5) is 11.5 Å². The summed E-state index contributed by atoms with van der Waals surface area (Å²) in [7, 11) is 1.67. The Morgan fingerprint density at radius 2 is 1.82 bits per heavy atom. The van der Waals surface area contributed by atoms with Crippen molar-refractivity contribution in [2.75, 3.05) is 12.8 Å². The Balaban J connectivity index is 1.54. The summed E-state index contributed by atoms with van der Waals surface area (Å²) < 4.78 is 9.22. The van der Waals surface area contributed by atoms with Crippen LogP contribution in [-0.4, -0.2) is 22.6 Å². The number of aliphatic imine (C=N–C) groups is 1. The molecule has 0 saturated heterocycles. The summed E-state index contributed by atoms with van der Waals surface area (Å²) >= 11 is 5.99. The summed E-state index contributed by atoms with van der Waals surface area (Å²) in [4.78, 5) is 4.95. The average Bonchev–Trinajstić information content (AvgIpc) is 3.32. The van der Waals surface area contributed by atoms with Gasteiger partial charge >= 0.3 is 0 Å². The second-order valence-corrected chi connectivity index (χ2v) is 8.25. The molecule has 2 aromatic carbocycles. The fourth-order valence-electron chi connectivity index (χ4n) is 4.04. The number of nitrogens with two attached hydrogens (primary N) is 1. The smallest absolute Gasteiger partial charge is 0.237 e. The lowest BCUT2D eigenvalue weighted by atomic mass is 10.1. The zero-order valence-electron chi connectivity index (χ0n) is 18.4. The SMILES string of the molecule is COc1ccc(C2=C(C)C(=Nc3cnn(Cc4ccc(Cl)cc4)c3N)c3cccc[n+]32)cc1. The molecule has 1 aliphatic heterocycles. The number of methoxy groups -OCH3 is 1. The highest BCUT2D eigenvalue weighted by Crippen LogP contribution is 2.30. The Bertz CT molecular complexity index is 1390. The number of nitrogen functional groups attached to an aromatic ring is 1. The number of anilines is 1. The molecule has 0 radical (unpaired) electrons. The largest absolute Gasteiger partial charge is 0.497 e.